The molecule has 1 saturated heterocycles. The van der Waals surface area contributed by atoms with Gasteiger partial charge in [-0.3, -0.25) is 10.5 Å². The largest absolute Gasteiger partial charge is 0.488 e. The Morgan fingerprint density at radius 3 is 2.59 bits per heavy atom. The van der Waals surface area contributed by atoms with E-state index in [9.17, 15) is 19.1 Å². The van der Waals surface area contributed by atoms with Crippen LogP contribution in [0.5, 0.6) is 17.2 Å². The number of likely N-dealkylation sites (tertiary alicyclic amines) is 1. The fourth-order valence-electron chi connectivity index (χ4n) is 3.09. The summed E-state index contributed by atoms with van der Waals surface area (Å²) in [7, 11) is 1.71. The Kier molecular flexibility index (Phi) is 8.34. The number of amidine groups is 1. The maximum absolute atomic E-state index is 14.7. The Morgan fingerprint density at radius 2 is 1.97 bits per heavy atom. The number of quaternary nitrogens is 1. The highest BCUT2D eigenvalue weighted by Gasteiger charge is 2.23. The van der Waals surface area contributed by atoms with Gasteiger partial charge in [0.1, 0.15) is 17.6 Å². The Bertz CT molecular complexity index is 1110. The zero-order valence-electron chi connectivity index (χ0n) is 19.1. The third-order valence-electron chi connectivity index (χ3n) is 5.01. The minimum Gasteiger partial charge on any atom is -0.488 e. The van der Waals surface area contributed by atoms with Gasteiger partial charge in [-0.2, -0.15) is 0 Å². The van der Waals surface area contributed by atoms with E-state index in [4.69, 9.17) is 9.47 Å². The lowest BCUT2D eigenvalue weighted by Gasteiger charge is -2.30. The van der Waals surface area contributed by atoms with Crippen LogP contribution in [0.4, 0.5) is 4.39 Å². The van der Waals surface area contributed by atoms with E-state index in [-0.39, 0.29) is 40.9 Å². The first kappa shape index (κ1) is 24.9. The van der Waals surface area contributed by atoms with E-state index in [1.807, 2.05) is 0 Å². The lowest BCUT2D eigenvalue weighted by Crippen LogP contribution is -2.87. The molecule has 3 rings (SSSR count). The molecule has 0 bridgehead atoms. The van der Waals surface area contributed by atoms with Crippen LogP contribution in [-0.2, 0) is 0 Å². The summed E-state index contributed by atoms with van der Waals surface area (Å²) in [5, 5.41) is 12.1. The predicted molar refractivity (Wildman–Crippen MR) is 122 cm³/mol. The molecule has 2 aromatic rings. The van der Waals surface area contributed by atoms with Crippen LogP contribution < -0.4 is 25.5 Å². The number of hydrogen-bond acceptors (Lipinski definition) is 6. The SMILES string of the molecule is CN/C=C\C([NH3+])=[NH+]C(=O)c1cc(Oc2ccc(C(=O)N3CCC3)cc2F)cc(O[C@@H](C)CO)c1. The van der Waals surface area contributed by atoms with Gasteiger partial charge in [0.25, 0.3) is 5.91 Å². The van der Waals surface area contributed by atoms with Gasteiger partial charge in [-0.1, -0.05) is 0 Å². The van der Waals surface area contributed by atoms with Crippen LogP contribution in [0, 0.1) is 5.82 Å². The highest BCUT2D eigenvalue weighted by molar-refractivity contribution is 5.95. The number of halogens is 1. The second kappa shape index (κ2) is 11.4. The van der Waals surface area contributed by atoms with E-state index in [2.05, 4.69) is 16.0 Å². The Morgan fingerprint density at radius 1 is 1.24 bits per heavy atom. The standard InChI is InChI=1S/C24H27FN4O5/c1-15(14-30)33-18-10-17(23(31)28-22(26)6-7-27-2)11-19(13-18)34-21-5-4-16(12-20(21)25)24(32)29-8-3-9-29/h4-7,10-13,15,27,30H,3,8-9,14H2,1-2H3,(H2,26,28,31)/p+2/b7-6-/t15-/m0/s1. The van der Waals surface area contributed by atoms with Crippen LogP contribution in [0.3, 0.4) is 0 Å². The minimum atomic E-state index is -0.710. The predicted octanol–water partition coefficient (Wildman–Crippen LogP) is -0.182. The number of benzene rings is 2. The molecular weight excluding hydrogens is 443 g/mol. The normalized spacial score (nSPS) is 14.5. The van der Waals surface area contributed by atoms with Crippen molar-refractivity contribution in [1.82, 2.24) is 10.2 Å². The van der Waals surface area contributed by atoms with Gasteiger partial charge in [-0.15, -0.1) is 4.99 Å². The molecule has 1 aliphatic rings. The van der Waals surface area contributed by atoms with Gasteiger partial charge < -0.3 is 24.8 Å². The summed E-state index contributed by atoms with van der Waals surface area (Å²) < 4.78 is 26.1. The number of hydrogen-bond donors (Lipinski definition) is 4. The average Bonchev–Trinajstić information content (AvgIpc) is 2.77. The molecule has 6 N–H and O–H groups in total. The van der Waals surface area contributed by atoms with Crippen LogP contribution in [0.2, 0.25) is 0 Å². The molecule has 0 aromatic heterocycles. The molecule has 10 heteroatoms. The van der Waals surface area contributed by atoms with Crippen molar-refractivity contribution < 1.29 is 39.3 Å². The molecule has 180 valence electrons. The molecule has 0 aliphatic carbocycles. The summed E-state index contributed by atoms with van der Waals surface area (Å²) in [6.07, 6.45) is 3.60. The number of aliphatic hydroxyl groups is 1. The average molecular weight is 473 g/mol. The highest BCUT2D eigenvalue weighted by Crippen LogP contribution is 2.30. The summed E-state index contributed by atoms with van der Waals surface area (Å²) in [4.78, 5) is 29.3. The summed E-state index contributed by atoms with van der Waals surface area (Å²) in [5.74, 6) is -0.774. The maximum Gasteiger partial charge on any atom is 0.422 e. The third-order valence-corrected chi connectivity index (χ3v) is 5.01. The lowest BCUT2D eigenvalue weighted by atomic mass is 10.1. The van der Waals surface area contributed by atoms with Gasteiger partial charge in [0.15, 0.2) is 11.6 Å². The zero-order chi connectivity index (χ0) is 24.7. The molecule has 0 saturated carbocycles. The molecule has 0 spiro atoms. The number of nitrogens with one attached hydrogen (secondary N) is 2. The monoisotopic (exact) mass is 472 g/mol. The van der Waals surface area contributed by atoms with Gasteiger partial charge in [-0.25, -0.2) is 9.18 Å². The van der Waals surface area contributed by atoms with Crippen LogP contribution in [0.25, 0.3) is 0 Å². The first-order valence-electron chi connectivity index (χ1n) is 10.8. The second-order valence-electron chi connectivity index (χ2n) is 7.80. The van der Waals surface area contributed by atoms with Crippen LogP contribution >= 0.6 is 0 Å². The van der Waals surface area contributed by atoms with Crippen molar-refractivity contribution in [2.24, 2.45) is 0 Å². The van der Waals surface area contributed by atoms with Crippen molar-refractivity contribution in [2.45, 2.75) is 19.4 Å². The minimum absolute atomic E-state index is 0.111. The lowest BCUT2D eigenvalue weighted by molar-refractivity contribution is -0.412. The molecule has 0 unspecified atom stereocenters. The molecule has 0 radical (unpaired) electrons. The summed E-state index contributed by atoms with van der Waals surface area (Å²) in [6.45, 7) is 2.75. The molecule has 34 heavy (non-hydrogen) atoms. The number of rotatable bonds is 9. The Labute approximate surface area is 196 Å². The topological polar surface area (TPSA) is 130 Å². The number of amides is 2. The van der Waals surface area contributed by atoms with E-state index < -0.39 is 17.8 Å². The number of ether oxygens (including phenoxy) is 2. The Balaban J connectivity index is 1.88. The quantitative estimate of drug-likeness (QED) is 0.296. The second-order valence-corrected chi connectivity index (χ2v) is 7.80. The van der Waals surface area contributed by atoms with Gasteiger partial charge in [0, 0.05) is 38.0 Å². The summed E-state index contributed by atoms with van der Waals surface area (Å²) in [5.41, 5.74) is 4.18. The van der Waals surface area contributed by atoms with Crippen LogP contribution in [0.1, 0.15) is 34.1 Å². The van der Waals surface area contributed by atoms with Gasteiger partial charge in [0.05, 0.1) is 18.2 Å². The van der Waals surface area contributed by atoms with Gasteiger partial charge in [0.2, 0.25) is 0 Å². The molecule has 2 aromatic carbocycles. The number of nitrogens with zero attached hydrogens (tertiary/aromatic N) is 1. The van der Waals surface area contributed by atoms with Crippen LogP contribution in [0.15, 0.2) is 48.7 Å². The van der Waals surface area contributed by atoms with Crippen molar-refractivity contribution in [3.05, 3.63) is 65.6 Å². The van der Waals surface area contributed by atoms with Crippen molar-refractivity contribution in [1.29, 1.82) is 0 Å². The number of aliphatic hydroxyl groups excluding tert-OH is 1. The van der Waals surface area contributed by atoms with Crippen molar-refractivity contribution in [2.75, 3.05) is 26.7 Å². The van der Waals surface area contributed by atoms with Gasteiger partial charge >= 0.3 is 11.7 Å². The fraction of sp³-hybridized carbons (Fsp3) is 0.292. The van der Waals surface area contributed by atoms with E-state index in [0.717, 1.165) is 12.5 Å². The molecule has 1 aliphatic heterocycles. The Hall–Kier alpha value is -3.76. The summed E-state index contributed by atoms with van der Waals surface area (Å²) >= 11 is 0. The van der Waals surface area contributed by atoms with Crippen molar-refractivity contribution in [3.8, 4) is 17.2 Å². The molecule has 1 fully saturated rings. The smallest absolute Gasteiger partial charge is 0.422 e. The fourth-order valence-corrected chi connectivity index (χ4v) is 3.09. The van der Waals surface area contributed by atoms with E-state index in [1.165, 1.54) is 30.3 Å². The highest BCUT2D eigenvalue weighted by atomic mass is 19.1. The zero-order valence-corrected chi connectivity index (χ0v) is 19.1. The number of carbonyl (C=O) groups excluding carboxylic acids is 2. The summed E-state index contributed by atoms with van der Waals surface area (Å²) in [6, 6.07) is 8.40. The van der Waals surface area contributed by atoms with E-state index in [0.29, 0.717) is 18.9 Å². The van der Waals surface area contributed by atoms with E-state index >= 15 is 0 Å². The molecular formula is C24H29FN4O5+2. The van der Waals surface area contributed by atoms with Crippen molar-refractivity contribution in [3.63, 3.8) is 0 Å². The third kappa shape index (κ3) is 6.40. The first-order valence-corrected chi connectivity index (χ1v) is 10.8. The van der Waals surface area contributed by atoms with E-state index in [1.54, 1.807) is 31.1 Å². The molecule has 1 atom stereocenters. The molecule has 1 heterocycles. The molecule has 2 amide bonds. The first-order chi connectivity index (χ1) is 16.3. The van der Waals surface area contributed by atoms with Crippen molar-refractivity contribution >= 4 is 17.6 Å². The number of carbonyl (C=O) groups is 2. The van der Waals surface area contributed by atoms with Crippen LogP contribution in [-0.4, -0.2) is 60.5 Å². The van der Waals surface area contributed by atoms with Gasteiger partial charge in [-0.05, 0) is 43.7 Å². The maximum atomic E-state index is 14.7. The molecule has 9 nitrogen and oxygen atoms in total.